The molecule has 0 atom stereocenters. The van der Waals surface area contributed by atoms with Crippen LogP contribution < -0.4 is 9.62 Å². The summed E-state index contributed by atoms with van der Waals surface area (Å²) in [6.07, 6.45) is 5.55. The Morgan fingerprint density at radius 1 is 1.08 bits per heavy atom. The molecule has 0 bridgehead atoms. The highest BCUT2D eigenvalue weighted by molar-refractivity contribution is 7.88. The number of nitrogens with one attached hydrogen (secondary N) is 1. The zero-order valence-corrected chi connectivity index (χ0v) is 15.5. The molecule has 1 aliphatic heterocycles. The van der Waals surface area contributed by atoms with Gasteiger partial charge in [0.15, 0.2) is 0 Å². The number of hydrogen-bond donors (Lipinski definition) is 1. The number of nitrogens with zero attached hydrogens (tertiary/aromatic N) is 2. The van der Waals surface area contributed by atoms with Gasteiger partial charge in [-0.25, -0.2) is 13.1 Å². The number of benzene rings is 1. The van der Waals surface area contributed by atoms with Crippen LogP contribution in [0, 0.1) is 5.92 Å². The summed E-state index contributed by atoms with van der Waals surface area (Å²) in [5.74, 6) is 0.359. The predicted octanol–water partition coefficient (Wildman–Crippen LogP) is 3.07. The lowest BCUT2D eigenvalue weighted by molar-refractivity contribution is 0.402. The Kier molecular flexibility index (Phi) is 5.93. The molecule has 25 heavy (non-hydrogen) atoms. The number of sulfonamides is 1. The van der Waals surface area contributed by atoms with E-state index in [9.17, 15) is 8.42 Å². The van der Waals surface area contributed by atoms with Crippen LogP contribution in [0.25, 0.3) is 0 Å². The SMILES string of the molecule is O=S(=O)(Cc1ccc(Cl)cc1)NCC1CCN(c2ccncc2)CC1. The molecular formula is C18H22ClN3O2S. The second-order valence-corrected chi connectivity index (χ2v) is 8.61. The Morgan fingerprint density at radius 2 is 1.72 bits per heavy atom. The zero-order chi connectivity index (χ0) is 17.7. The van der Waals surface area contributed by atoms with Crippen LogP contribution in [0.2, 0.25) is 5.02 Å². The van der Waals surface area contributed by atoms with Crippen molar-refractivity contribution in [3.05, 3.63) is 59.4 Å². The lowest BCUT2D eigenvalue weighted by Gasteiger charge is -2.33. The Hall–Kier alpha value is -1.63. The Bertz CT molecular complexity index is 774. The van der Waals surface area contributed by atoms with Gasteiger partial charge in [0.05, 0.1) is 5.75 Å². The van der Waals surface area contributed by atoms with E-state index in [1.54, 1.807) is 36.7 Å². The third-order valence-electron chi connectivity index (χ3n) is 4.50. The van der Waals surface area contributed by atoms with E-state index in [2.05, 4.69) is 14.6 Å². The van der Waals surface area contributed by atoms with Crippen molar-refractivity contribution in [3.8, 4) is 0 Å². The molecule has 2 heterocycles. The fourth-order valence-corrected chi connectivity index (χ4v) is 4.40. The molecule has 2 aromatic rings. The van der Waals surface area contributed by atoms with E-state index in [0.29, 0.717) is 17.5 Å². The maximum atomic E-state index is 12.3. The van der Waals surface area contributed by atoms with Crippen molar-refractivity contribution in [1.82, 2.24) is 9.71 Å². The Labute approximate surface area is 154 Å². The maximum Gasteiger partial charge on any atom is 0.215 e. The molecule has 1 saturated heterocycles. The first-order valence-corrected chi connectivity index (χ1v) is 10.4. The number of anilines is 1. The fraction of sp³-hybridized carbons (Fsp3) is 0.389. The molecule has 5 nitrogen and oxygen atoms in total. The monoisotopic (exact) mass is 379 g/mol. The maximum absolute atomic E-state index is 12.3. The fourth-order valence-electron chi connectivity index (χ4n) is 3.05. The van der Waals surface area contributed by atoms with Gasteiger partial charge in [0.1, 0.15) is 0 Å². The van der Waals surface area contributed by atoms with Crippen LogP contribution in [0.4, 0.5) is 5.69 Å². The van der Waals surface area contributed by atoms with Crippen LogP contribution in [0.5, 0.6) is 0 Å². The first-order valence-electron chi connectivity index (χ1n) is 8.38. The molecule has 7 heteroatoms. The van der Waals surface area contributed by atoms with Crippen LogP contribution in [0.15, 0.2) is 48.8 Å². The molecule has 0 saturated carbocycles. The smallest absolute Gasteiger partial charge is 0.215 e. The van der Waals surface area contributed by atoms with Crippen LogP contribution in [0.1, 0.15) is 18.4 Å². The van der Waals surface area contributed by atoms with E-state index < -0.39 is 10.0 Å². The predicted molar refractivity (Wildman–Crippen MR) is 101 cm³/mol. The Balaban J connectivity index is 1.46. The molecule has 134 valence electrons. The average molecular weight is 380 g/mol. The molecule has 0 unspecified atom stereocenters. The molecule has 1 aromatic heterocycles. The molecule has 1 aromatic carbocycles. The highest BCUT2D eigenvalue weighted by atomic mass is 35.5. The van der Waals surface area contributed by atoms with Gasteiger partial charge in [-0.1, -0.05) is 23.7 Å². The van der Waals surface area contributed by atoms with Gasteiger partial charge in [-0.2, -0.15) is 0 Å². The second-order valence-electron chi connectivity index (χ2n) is 6.37. The summed E-state index contributed by atoms with van der Waals surface area (Å²) < 4.78 is 27.3. The third kappa shape index (κ3) is 5.42. The first kappa shape index (κ1) is 18.2. The van der Waals surface area contributed by atoms with Crippen molar-refractivity contribution in [2.45, 2.75) is 18.6 Å². The highest BCUT2D eigenvalue weighted by Crippen LogP contribution is 2.22. The largest absolute Gasteiger partial charge is 0.371 e. The number of hydrogen-bond acceptors (Lipinski definition) is 4. The van der Waals surface area contributed by atoms with Gasteiger partial charge in [0.25, 0.3) is 0 Å². The first-order chi connectivity index (χ1) is 12.0. The van der Waals surface area contributed by atoms with Gasteiger partial charge in [-0.15, -0.1) is 0 Å². The molecule has 0 amide bonds. The van der Waals surface area contributed by atoms with Crippen molar-refractivity contribution < 1.29 is 8.42 Å². The van der Waals surface area contributed by atoms with Crippen LogP contribution in [-0.4, -0.2) is 33.0 Å². The summed E-state index contributed by atoms with van der Waals surface area (Å²) in [5.41, 5.74) is 1.92. The number of piperidine rings is 1. The van der Waals surface area contributed by atoms with Crippen LogP contribution in [-0.2, 0) is 15.8 Å². The van der Waals surface area contributed by atoms with Gasteiger partial charge in [0.2, 0.25) is 10.0 Å². The molecule has 0 radical (unpaired) electrons. The number of rotatable bonds is 6. The van der Waals surface area contributed by atoms with Crippen LogP contribution >= 0.6 is 11.6 Å². The average Bonchev–Trinajstić information content (AvgIpc) is 2.63. The standard InChI is InChI=1S/C18H22ClN3O2S/c19-17-3-1-16(2-4-17)14-25(23,24)21-13-15-7-11-22(12-8-15)18-5-9-20-10-6-18/h1-6,9-10,15,21H,7-8,11-14H2. The van der Waals surface area contributed by atoms with Crippen LogP contribution in [0.3, 0.4) is 0 Å². The quantitative estimate of drug-likeness (QED) is 0.837. The van der Waals surface area contributed by atoms with Crippen molar-refractivity contribution in [2.75, 3.05) is 24.5 Å². The van der Waals surface area contributed by atoms with Gasteiger partial charge in [-0.05, 0) is 48.6 Å². The lowest BCUT2D eigenvalue weighted by Crippen LogP contribution is -2.38. The normalized spacial score (nSPS) is 16.1. The molecule has 3 rings (SSSR count). The summed E-state index contributed by atoms with van der Waals surface area (Å²) >= 11 is 5.83. The van der Waals surface area contributed by atoms with Gasteiger partial charge in [-0.3, -0.25) is 4.98 Å². The minimum Gasteiger partial charge on any atom is -0.371 e. The van der Waals surface area contributed by atoms with Gasteiger partial charge in [0, 0.05) is 42.7 Å². The van der Waals surface area contributed by atoms with E-state index in [1.165, 1.54) is 5.69 Å². The van der Waals surface area contributed by atoms with E-state index >= 15 is 0 Å². The van der Waals surface area contributed by atoms with E-state index in [1.807, 2.05) is 12.1 Å². The molecular weight excluding hydrogens is 358 g/mol. The Morgan fingerprint density at radius 3 is 2.36 bits per heavy atom. The van der Waals surface area contributed by atoms with Crippen molar-refractivity contribution in [2.24, 2.45) is 5.92 Å². The van der Waals surface area contributed by atoms with Crippen molar-refractivity contribution in [3.63, 3.8) is 0 Å². The molecule has 1 fully saturated rings. The van der Waals surface area contributed by atoms with E-state index in [4.69, 9.17) is 11.6 Å². The van der Waals surface area contributed by atoms with Gasteiger partial charge >= 0.3 is 0 Å². The minimum absolute atomic E-state index is 0.0139. The lowest BCUT2D eigenvalue weighted by atomic mass is 9.97. The third-order valence-corrected chi connectivity index (χ3v) is 6.08. The van der Waals surface area contributed by atoms with Gasteiger partial charge < -0.3 is 4.90 Å². The summed E-state index contributed by atoms with van der Waals surface area (Å²) in [7, 11) is -3.33. The molecule has 1 N–H and O–H groups in total. The van der Waals surface area contributed by atoms with E-state index in [0.717, 1.165) is 31.5 Å². The number of halogens is 1. The van der Waals surface area contributed by atoms with E-state index in [-0.39, 0.29) is 5.75 Å². The molecule has 0 aliphatic carbocycles. The van der Waals surface area contributed by atoms with Crippen molar-refractivity contribution in [1.29, 1.82) is 0 Å². The summed E-state index contributed by atoms with van der Waals surface area (Å²) in [4.78, 5) is 6.36. The zero-order valence-electron chi connectivity index (χ0n) is 13.9. The minimum atomic E-state index is -3.33. The highest BCUT2D eigenvalue weighted by Gasteiger charge is 2.21. The van der Waals surface area contributed by atoms with Crippen molar-refractivity contribution >= 4 is 27.3 Å². The second kappa shape index (κ2) is 8.17. The topological polar surface area (TPSA) is 62.3 Å². The summed E-state index contributed by atoms with van der Waals surface area (Å²) in [6, 6.07) is 10.9. The summed E-state index contributed by atoms with van der Waals surface area (Å²) in [6.45, 7) is 2.38. The molecule has 0 spiro atoms. The summed E-state index contributed by atoms with van der Waals surface area (Å²) in [5, 5.41) is 0.607. The molecule has 1 aliphatic rings. The number of aromatic nitrogens is 1. The number of pyridine rings is 1.